The fourth-order valence-electron chi connectivity index (χ4n) is 1.99. The molecule has 120 valence electrons. The van der Waals surface area contributed by atoms with E-state index in [-0.39, 0.29) is 29.9 Å². The third-order valence-electron chi connectivity index (χ3n) is 3.20. The van der Waals surface area contributed by atoms with Crippen molar-refractivity contribution in [3.8, 4) is 22.9 Å². The van der Waals surface area contributed by atoms with Gasteiger partial charge in [-0.25, -0.2) is 0 Å². The molecule has 1 N–H and O–H groups in total. The quantitative estimate of drug-likeness (QED) is 0.907. The molecule has 1 aromatic carbocycles. The highest BCUT2D eigenvalue weighted by Gasteiger charge is 2.25. The molecule has 0 spiro atoms. The molecule has 0 bridgehead atoms. The van der Waals surface area contributed by atoms with Gasteiger partial charge in [-0.15, -0.1) is 12.4 Å². The summed E-state index contributed by atoms with van der Waals surface area (Å²) in [6, 6.07) is 4.58. The summed E-state index contributed by atoms with van der Waals surface area (Å²) >= 11 is 0. The van der Waals surface area contributed by atoms with E-state index >= 15 is 0 Å². The van der Waals surface area contributed by atoms with E-state index in [0.29, 0.717) is 17.3 Å². The van der Waals surface area contributed by atoms with E-state index in [2.05, 4.69) is 20.2 Å². The van der Waals surface area contributed by atoms with Gasteiger partial charge in [-0.3, -0.25) is 0 Å². The summed E-state index contributed by atoms with van der Waals surface area (Å²) in [6.07, 6.45) is 0.951. The second-order valence-corrected chi connectivity index (χ2v) is 4.50. The average molecular weight is 334 g/mol. The molecule has 1 fully saturated rings. The third kappa shape index (κ3) is 3.28. The number of nitrogens with zero attached hydrogens (tertiary/aromatic N) is 2. The Morgan fingerprint density at radius 1 is 1.36 bits per heavy atom. The Kier molecular flexibility index (Phi) is 5.15. The van der Waals surface area contributed by atoms with Crippen LogP contribution in [0.15, 0.2) is 22.7 Å². The van der Waals surface area contributed by atoms with Crippen molar-refractivity contribution in [1.82, 2.24) is 15.5 Å². The maximum absolute atomic E-state index is 12.3. The van der Waals surface area contributed by atoms with Crippen LogP contribution in [-0.4, -0.2) is 30.4 Å². The van der Waals surface area contributed by atoms with Crippen molar-refractivity contribution < 1.29 is 22.8 Å². The van der Waals surface area contributed by atoms with E-state index in [4.69, 9.17) is 9.26 Å². The first kappa shape index (κ1) is 16.4. The minimum atomic E-state index is -2.91. The second-order valence-electron chi connectivity index (χ2n) is 4.50. The molecule has 0 aliphatic carbocycles. The highest BCUT2D eigenvalue weighted by molar-refractivity contribution is 5.85. The van der Waals surface area contributed by atoms with Crippen LogP contribution in [-0.2, 0) is 0 Å². The average Bonchev–Trinajstić information content (AvgIpc) is 2.86. The molecule has 1 aromatic heterocycles. The number of hydrogen-bond donors (Lipinski definition) is 1. The Hall–Kier alpha value is -1.93. The molecule has 1 atom stereocenters. The number of benzene rings is 1. The highest BCUT2D eigenvalue weighted by Crippen LogP contribution is 2.33. The van der Waals surface area contributed by atoms with Crippen molar-refractivity contribution in [3.05, 3.63) is 24.1 Å². The van der Waals surface area contributed by atoms with Crippen LogP contribution in [0.5, 0.6) is 11.5 Å². The number of rotatable bonds is 5. The minimum absolute atomic E-state index is 0. The Morgan fingerprint density at radius 2 is 2.14 bits per heavy atom. The minimum Gasteiger partial charge on any atom is -0.493 e. The van der Waals surface area contributed by atoms with Gasteiger partial charge < -0.3 is 19.3 Å². The monoisotopic (exact) mass is 333 g/mol. The number of nitrogens with one attached hydrogen (secondary N) is 1. The molecule has 22 heavy (non-hydrogen) atoms. The Morgan fingerprint density at radius 3 is 2.73 bits per heavy atom. The molecular formula is C13H14ClF2N3O3. The zero-order chi connectivity index (χ0) is 14.8. The fraction of sp³-hybridized carbons (Fsp3) is 0.385. The first-order valence-electron chi connectivity index (χ1n) is 6.37. The third-order valence-corrected chi connectivity index (χ3v) is 3.20. The van der Waals surface area contributed by atoms with E-state index in [9.17, 15) is 8.78 Å². The summed E-state index contributed by atoms with van der Waals surface area (Å²) in [4.78, 5) is 4.28. The first-order valence-corrected chi connectivity index (χ1v) is 6.37. The lowest BCUT2D eigenvalue weighted by atomic mass is 10.1. The van der Waals surface area contributed by atoms with Gasteiger partial charge in [0.15, 0.2) is 11.5 Å². The molecule has 0 radical (unpaired) electrons. The highest BCUT2D eigenvalue weighted by atomic mass is 35.5. The molecule has 1 aliphatic heterocycles. The van der Waals surface area contributed by atoms with Gasteiger partial charge >= 0.3 is 6.61 Å². The molecule has 6 nitrogen and oxygen atoms in total. The van der Waals surface area contributed by atoms with Crippen LogP contribution in [0.3, 0.4) is 0 Å². The van der Waals surface area contributed by atoms with E-state index in [1.807, 2.05) is 0 Å². The maximum atomic E-state index is 12.3. The second kappa shape index (κ2) is 6.89. The van der Waals surface area contributed by atoms with Gasteiger partial charge in [-0.05, 0) is 31.2 Å². The van der Waals surface area contributed by atoms with Crippen molar-refractivity contribution >= 4 is 12.4 Å². The van der Waals surface area contributed by atoms with Crippen molar-refractivity contribution in [3.63, 3.8) is 0 Å². The van der Waals surface area contributed by atoms with Crippen LogP contribution < -0.4 is 14.8 Å². The molecular weight excluding hydrogens is 320 g/mol. The van der Waals surface area contributed by atoms with Crippen molar-refractivity contribution in [2.45, 2.75) is 19.1 Å². The van der Waals surface area contributed by atoms with E-state index < -0.39 is 6.61 Å². The zero-order valence-corrected chi connectivity index (χ0v) is 12.4. The normalized spacial score (nSPS) is 16.8. The van der Waals surface area contributed by atoms with Crippen LogP contribution in [0.4, 0.5) is 8.78 Å². The standard InChI is InChI=1S/C13H13F2N3O3.ClH/c1-19-10-6-7(2-3-9(10)20-13(14)15)11-17-12(21-18-11)8-4-5-16-8;/h2-3,6,8,13,16H,4-5H2,1H3;1H/t8-;/m1./s1. The Labute approximate surface area is 131 Å². The number of halogens is 3. The van der Waals surface area contributed by atoms with Gasteiger partial charge in [-0.1, -0.05) is 5.16 Å². The van der Waals surface area contributed by atoms with Crippen LogP contribution in [0.2, 0.25) is 0 Å². The lowest BCUT2D eigenvalue weighted by molar-refractivity contribution is -0.0512. The van der Waals surface area contributed by atoms with Crippen LogP contribution in [0.1, 0.15) is 18.4 Å². The number of aromatic nitrogens is 2. The van der Waals surface area contributed by atoms with E-state index in [1.54, 1.807) is 6.07 Å². The predicted octanol–water partition coefficient (Wildman–Crippen LogP) is 2.80. The van der Waals surface area contributed by atoms with E-state index in [1.165, 1.54) is 19.2 Å². The SMILES string of the molecule is COc1cc(-c2noc([C@H]3CCN3)n2)ccc1OC(F)F.Cl. The molecule has 1 saturated heterocycles. The van der Waals surface area contributed by atoms with Crippen LogP contribution in [0, 0.1) is 0 Å². The molecule has 0 amide bonds. The van der Waals surface area contributed by atoms with Gasteiger partial charge in [0.2, 0.25) is 11.7 Å². The lowest BCUT2D eigenvalue weighted by Gasteiger charge is -2.23. The van der Waals surface area contributed by atoms with Crippen molar-refractivity contribution in [2.75, 3.05) is 13.7 Å². The maximum Gasteiger partial charge on any atom is 0.387 e. The van der Waals surface area contributed by atoms with Crippen LogP contribution in [0.25, 0.3) is 11.4 Å². The number of ether oxygens (including phenoxy) is 2. The van der Waals surface area contributed by atoms with Gasteiger partial charge in [0, 0.05) is 5.56 Å². The van der Waals surface area contributed by atoms with E-state index in [0.717, 1.165) is 13.0 Å². The molecule has 0 unspecified atom stereocenters. The fourth-order valence-corrected chi connectivity index (χ4v) is 1.99. The summed E-state index contributed by atoms with van der Waals surface area (Å²) in [5, 5.41) is 7.04. The molecule has 0 saturated carbocycles. The number of methoxy groups -OCH3 is 1. The van der Waals surface area contributed by atoms with Gasteiger partial charge in [-0.2, -0.15) is 13.8 Å². The Balaban J connectivity index is 0.00000176. The van der Waals surface area contributed by atoms with Gasteiger partial charge in [0.25, 0.3) is 0 Å². The molecule has 3 rings (SSSR count). The molecule has 2 heterocycles. The molecule has 1 aliphatic rings. The number of hydrogen-bond acceptors (Lipinski definition) is 6. The summed E-state index contributed by atoms with van der Waals surface area (Å²) in [6.45, 7) is -1.98. The topological polar surface area (TPSA) is 69.4 Å². The summed E-state index contributed by atoms with van der Waals surface area (Å²) < 4.78 is 39.1. The zero-order valence-electron chi connectivity index (χ0n) is 11.6. The van der Waals surface area contributed by atoms with Crippen LogP contribution >= 0.6 is 12.4 Å². The Bertz CT molecular complexity index is 635. The summed E-state index contributed by atoms with van der Waals surface area (Å²) in [7, 11) is 1.37. The molecule has 2 aromatic rings. The van der Waals surface area contributed by atoms with Crippen molar-refractivity contribution in [1.29, 1.82) is 0 Å². The van der Waals surface area contributed by atoms with Crippen molar-refractivity contribution in [2.24, 2.45) is 0 Å². The van der Waals surface area contributed by atoms with Gasteiger partial charge in [0.1, 0.15) is 0 Å². The molecule has 9 heteroatoms. The summed E-state index contributed by atoms with van der Waals surface area (Å²) in [5.74, 6) is 1.03. The first-order chi connectivity index (χ1) is 10.2. The number of alkyl halides is 2. The largest absolute Gasteiger partial charge is 0.493 e. The predicted molar refractivity (Wildman–Crippen MR) is 75.5 cm³/mol. The summed E-state index contributed by atoms with van der Waals surface area (Å²) in [5.41, 5.74) is 0.600. The lowest BCUT2D eigenvalue weighted by Crippen LogP contribution is -2.35. The van der Waals surface area contributed by atoms with Gasteiger partial charge in [0.05, 0.1) is 13.2 Å². The smallest absolute Gasteiger partial charge is 0.387 e.